The molecule has 6 heteroatoms. The second-order valence-corrected chi connectivity index (χ2v) is 6.69. The van der Waals surface area contributed by atoms with E-state index in [-0.39, 0.29) is 25.5 Å². The summed E-state index contributed by atoms with van der Waals surface area (Å²) >= 11 is 0. The van der Waals surface area contributed by atoms with Gasteiger partial charge in [-0.2, -0.15) is 0 Å². The molecule has 0 unspecified atom stereocenters. The molecule has 1 aromatic rings. The van der Waals surface area contributed by atoms with Crippen molar-refractivity contribution in [1.29, 1.82) is 0 Å². The molecule has 0 fully saturated rings. The molecule has 0 aliphatic carbocycles. The van der Waals surface area contributed by atoms with Gasteiger partial charge in [0.05, 0.1) is 19.3 Å². The maximum Gasteiger partial charge on any atom is 0.410 e. The fourth-order valence-electron chi connectivity index (χ4n) is 2.38. The molecular formula is C19H29NO5. The molecule has 1 aromatic carbocycles. The van der Waals surface area contributed by atoms with Crippen LogP contribution in [0.1, 0.15) is 52.1 Å². The van der Waals surface area contributed by atoms with Gasteiger partial charge in [-0.15, -0.1) is 0 Å². The van der Waals surface area contributed by atoms with Crippen molar-refractivity contribution in [2.75, 3.05) is 19.8 Å². The van der Waals surface area contributed by atoms with Gasteiger partial charge in [-0.05, 0) is 39.7 Å². The summed E-state index contributed by atoms with van der Waals surface area (Å²) in [5.41, 5.74) is 0.166. The molecule has 0 saturated carbocycles. The Morgan fingerprint density at radius 3 is 2.36 bits per heavy atom. The Morgan fingerprint density at radius 1 is 1.20 bits per heavy atom. The quantitative estimate of drug-likeness (QED) is 0.727. The molecule has 1 amide bonds. The number of rotatable bonds is 8. The lowest BCUT2D eigenvalue weighted by Gasteiger charge is -2.33. The molecule has 25 heavy (non-hydrogen) atoms. The minimum Gasteiger partial charge on any atom is -0.466 e. The molecule has 0 aliphatic rings. The van der Waals surface area contributed by atoms with Crippen molar-refractivity contribution in [2.45, 2.75) is 52.2 Å². The third-order valence-corrected chi connectivity index (χ3v) is 3.45. The Morgan fingerprint density at radius 2 is 1.84 bits per heavy atom. The van der Waals surface area contributed by atoms with Crippen molar-refractivity contribution in [1.82, 2.24) is 4.90 Å². The van der Waals surface area contributed by atoms with E-state index in [9.17, 15) is 14.7 Å². The van der Waals surface area contributed by atoms with Crippen molar-refractivity contribution >= 4 is 12.1 Å². The van der Waals surface area contributed by atoms with Crippen LogP contribution >= 0.6 is 0 Å². The van der Waals surface area contributed by atoms with Crippen molar-refractivity contribution in [2.24, 2.45) is 0 Å². The number of amides is 1. The first kappa shape index (κ1) is 21.0. The maximum atomic E-state index is 12.6. The van der Waals surface area contributed by atoms with Crippen molar-refractivity contribution in [3.05, 3.63) is 35.9 Å². The van der Waals surface area contributed by atoms with Crippen molar-refractivity contribution in [3.63, 3.8) is 0 Å². The lowest BCUT2D eigenvalue weighted by atomic mass is 10.1. The zero-order valence-electron chi connectivity index (χ0n) is 15.5. The van der Waals surface area contributed by atoms with E-state index in [1.807, 2.05) is 30.3 Å². The number of aliphatic hydroxyl groups excluding tert-OH is 1. The van der Waals surface area contributed by atoms with Crippen LogP contribution < -0.4 is 0 Å². The summed E-state index contributed by atoms with van der Waals surface area (Å²) in [5, 5.41) is 9.85. The van der Waals surface area contributed by atoms with Crippen molar-refractivity contribution in [3.8, 4) is 0 Å². The van der Waals surface area contributed by atoms with Gasteiger partial charge in [0.1, 0.15) is 5.60 Å². The van der Waals surface area contributed by atoms with Gasteiger partial charge in [0.2, 0.25) is 0 Å². The van der Waals surface area contributed by atoms with Gasteiger partial charge in [0.25, 0.3) is 0 Å². The standard InChI is InChI=1S/C19H29NO5/c1-5-24-17(22)12-9-13-20(18(23)25-19(2,3)4)16(14-21)15-10-7-6-8-11-15/h6-8,10-11,16,21H,5,9,12-14H2,1-4H3/t16-/m0/s1. The molecule has 0 aromatic heterocycles. The fourth-order valence-corrected chi connectivity index (χ4v) is 2.38. The average molecular weight is 351 g/mol. The van der Waals surface area contributed by atoms with E-state index in [1.54, 1.807) is 27.7 Å². The molecule has 0 radical (unpaired) electrons. The van der Waals surface area contributed by atoms with Crippen molar-refractivity contribution < 1.29 is 24.2 Å². The van der Waals surface area contributed by atoms with Gasteiger partial charge in [0.15, 0.2) is 0 Å². The van der Waals surface area contributed by atoms with E-state index in [0.29, 0.717) is 13.0 Å². The normalized spacial score (nSPS) is 12.4. The highest BCUT2D eigenvalue weighted by Gasteiger charge is 2.29. The average Bonchev–Trinajstić information content (AvgIpc) is 2.53. The minimum absolute atomic E-state index is 0.208. The van der Waals surface area contributed by atoms with Gasteiger partial charge < -0.3 is 14.6 Å². The molecule has 6 nitrogen and oxygen atoms in total. The molecule has 140 valence electrons. The van der Waals surface area contributed by atoms with Crippen LogP contribution in [0.5, 0.6) is 0 Å². The van der Waals surface area contributed by atoms with Gasteiger partial charge >= 0.3 is 12.1 Å². The Balaban J connectivity index is 2.89. The van der Waals surface area contributed by atoms with E-state index in [0.717, 1.165) is 5.56 Å². The topological polar surface area (TPSA) is 76.1 Å². The fraction of sp³-hybridized carbons (Fsp3) is 0.579. The molecule has 1 rings (SSSR count). The molecule has 0 bridgehead atoms. The number of esters is 1. The Hall–Kier alpha value is -2.08. The van der Waals surface area contributed by atoms with Gasteiger partial charge in [-0.25, -0.2) is 4.79 Å². The van der Waals surface area contributed by atoms with E-state index < -0.39 is 17.7 Å². The van der Waals surface area contributed by atoms with Crippen LogP contribution in [0.4, 0.5) is 4.79 Å². The number of hydrogen-bond donors (Lipinski definition) is 1. The van der Waals surface area contributed by atoms with Gasteiger partial charge in [-0.3, -0.25) is 9.69 Å². The summed E-state index contributed by atoms with van der Waals surface area (Å²) in [6.45, 7) is 7.50. The summed E-state index contributed by atoms with van der Waals surface area (Å²) in [6.07, 6.45) is 0.126. The number of carbonyl (C=O) groups is 2. The lowest BCUT2D eigenvalue weighted by molar-refractivity contribution is -0.143. The summed E-state index contributed by atoms with van der Waals surface area (Å²) in [5.74, 6) is -0.299. The van der Waals surface area contributed by atoms with Crippen LogP contribution in [0.25, 0.3) is 0 Å². The third-order valence-electron chi connectivity index (χ3n) is 3.45. The second kappa shape index (κ2) is 10.0. The second-order valence-electron chi connectivity index (χ2n) is 6.69. The molecule has 0 aliphatic heterocycles. The Bertz CT molecular complexity index is 538. The van der Waals surface area contributed by atoms with Crippen LogP contribution in [0.15, 0.2) is 30.3 Å². The molecule has 1 atom stereocenters. The largest absolute Gasteiger partial charge is 0.466 e. The molecule has 0 heterocycles. The number of hydrogen-bond acceptors (Lipinski definition) is 5. The van der Waals surface area contributed by atoms with Crippen LogP contribution in [-0.2, 0) is 14.3 Å². The molecule has 0 spiro atoms. The highest BCUT2D eigenvalue weighted by Crippen LogP contribution is 2.23. The zero-order chi connectivity index (χ0) is 18.9. The number of ether oxygens (including phenoxy) is 2. The first-order chi connectivity index (χ1) is 11.8. The minimum atomic E-state index is -0.646. The van der Waals surface area contributed by atoms with Gasteiger partial charge in [0, 0.05) is 13.0 Å². The number of nitrogens with zero attached hydrogens (tertiary/aromatic N) is 1. The van der Waals surface area contributed by atoms with E-state index in [4.69, 9.17) is 9.47 Å². The van der Waals surface area contributed by atoms with Crippen LogP contribution in [0.3, 0.4) is 0 Å². The number of benzene rings is 1. The van der Waals surface area contributed by atoms with Gasteiger partial charge in [-0.1, -0.05) is 30.3 Å². The Kier molecular flexibility index (Phi) is 8.41. The molecule has 0 saturated heterocycles. The Labute approximate surface area is 149 Å². The van der Waals surface area contributed by atoms with E-state index in [1.165, 1.54) is 4.90 Å². The van der Waals surface area contributed by atoms with E-state index >= 15 is 0 Å². The number of carbonyl (C=O) groups excluding carboxylic acids is 2. The van der Waals surface area contributed by atoms with Crippen LogP contribution in [0.2, 0.25) is 0 Å². The van der Waals surface area contributed by atoms with Crippen LogP contribution in [0, 0.1) is 0 Å². The monoisotopic (exact) mass is 351 g/mol. The predicted octanol–water partition coefficient (Wildman–Crippen LogP) is 3.30. The maximum absolute atomic E-state index is 12.6. The highest BCUT2D eigenvalue weighted by molar-refractivity contribution is 5.70. The lowest BCUT2D eigenvalue weighted by Crippen LogP contribution is -2.41. The number of aliphatic hydroxyl groups is 1. The predicted molar refractivity (Wildman–Crippen MR) is 95.1 cm³/mol. The summed E-state index contributed by atoms with van der Waals surface area (Å²) in [4.78, 5) is 25.6. The van der Waals surface area contributed by atoms with E-state index in [2.05, 4.69) is 0 Å². The molecule has 1 N–H and O–H groups in total. The smallest absolute Gasteiger partial charge is 0.410 e. The summed E-state index contributed by atoms with van der Waals surface area (Å²) < 4.78 is 10.4. The third kappa shape index (κ3) is 7.56. The first-order valence-electron chi connectivity index (χ1n) is 8.59. The highest BCUT2D eigenvalue weighted by atomic mass is 16.6. The summed E-state index contributed by atoms with van der Waals surface area (Å²) in [6, 6.07) is 8.75. The zero-order valence-corrected chi connectivity index (χ0v) is 15.5. The molecular weight excluding hydrogens is 322 g/mol. The first-order valence-corrected chi connectivity index (χ1v) is 8.59. The summed E-state index contributed by atoms with van der Waals surface area (Å²) in [7, 11) is 0. The SMILES string of the molecule is CCOC(=O)CCCN(C(=O)OC(C)(C)C)[C@@H](CO)c1ccccc1. The van der Waals surface area contributed by atoms with Crippen LogP contribution in [-0.4, -0.2) is 47.4 Å².